The van der Waals surface area contributed by atoms with Crippen LogP contribution in [0.3, 0.4) is 0 Å². The fourth-order valence-electron chi connectivity index (χ4n) is 5.80. The summed E-state index contributed by atoms with van der Waals surface area (Å²) < 4.78 is 0. The molecule has 4 aliphatic rings. The first kappa shape index (κ1) is 22.9. The summed E-state index contributed by atoms with van der Waals surface area (Å²) in [5.74, 6) is -3.49. The summed E-state index contributed by atoms with van der Waals surface area (Å²) in [5, 5.41) is 3.27. The predicted octanol–water partition coefficient (Wildman–Crippen LogP) is 5.53. The van der Waals surface area contributed by atoms with Crippen molar-refractivity contribution in [2.75, 3.05) is 11.9 Å². The van der Waals surface area contributed by atoms with Crippen molar-refractivity contribution in [2.45, 2.75) is 9.75 Å². The summed E-state index contributed by atoms with van der Waals surface area (Å²) in [6.07, 6.45) is 0. The van der Waals surface area contributed by atoms with E-state index in [9.17, 15) is 14.4 Å². The fourth-order valence-corrected chi connectivity index (χ4v) is 7.19. The summed E-state index contributed by atoms with van der Waals surface area (Å²) in [6, 6.07) is 19.4. The lowest BCUT2D eigenvalue weighted by atomic mass is 9.54. The largest absolute Gasteiger partial charge is 0.324 e. The molecule has 1 saturated heterocycles. The van der Waals surface area contributed by atoms with Crippen LogP contribution in [-0.4, -0.2) is 29.2 Å². The van der Waals surface area contributed by atoms with Crippen LogP contribution in [0.15, 0.2) is 66.7 Å². The summed E-state index contributed by atoms with van der Waals surface area (Å²) >= 11 is 26.7. The van der Waals surface area contributed by atoms with Crippen molar-refractivity contribution in [3.63, 3.8) is 0 Å². The van der Waals surface area contributed by atoms with Crippen LogP contribution in [0, 0.1) is 11.8 Å². The molecule has 0 radical (unpaired) electrons. The molecule has 35 heavy (non-hydrogen) atoms. The van der Waals surface area contributed by atoms with Gasteiger partial charge in [-0.15, -0.1) is 23.2 Å². The lowest BCUT2D eigenvalue weighted by molar-refractivity contribution is -0.142. The van der Waals surface area contributed by atoms with E-state index in [-0.39, 0.29) is 5.02 Å². The molecule has 0 unspecified atom stereocenters. The monoisotopic (exact) mass is 544 g/mol. The number of anilines is 1. The van der Waals surface area contributed by atoms with Crippen molar-refractivity contribution in [2.24, 2.45) is 11.8 Å². The van der Waals surface area contributed by atoms with Crippen LogP contribution in [0.2, 0.25) is 10.0 Å². The average molecular weight is 546 g/mol. The van der Waals surface area contributed by atoms with Crippen molar-refractivity contribution in [3.8, 4) is 0 Å². The Morgan fingerprint density at radius 2 is 1.23 bits per heavy atom. The third-order valence-corrected chi connectivity index (χ3v) is 9.21. The molecule has 0 aromatic heterocycles. The van der Waals surface area contributed by atoms with E-state index in [1.165, 1.54) is 6.07 Å². The number of imide groups is 1. The normalized spacial score (nSPS) is 27.9. The SMILES string of the molecule is O=C(CN1C(=O)[C@@H]2[C@H](C1=O)C1(Cl)c3ccccc3C2(Cl)c2ccccc21)Nc1ccc(Cl)c(Cl)c1. The third-order valence-electron chi connectivity index (χ3n) is 7.18. The molecule has 176 valence electrons. The van der Waals surface area contributed by atoms with Crippen molar-refractivity contribution >= 4 is 69.8 Å². The number of carbonyl (C=O) groups excluding carboxylic acids is 3. The number of rotatable bonds is 3. The maximum Gasteiger partial charge on any atom is 0.244 e. The highest BCUT2D eigenvalue weighted by Gasteiger charge is 2.73. The second-order valence-corrected chi connectivity index (χ2v) is 10.9. The number of nitrogens with zero attached hydrogens (tertiary/aromatic N) is 1. The summed E-state index contributed by atoms with van der Waals surface area (Å²) in [6.45, 7) is -0.475. The molecule has 1 fully saturated rings. The molecular formula is C26H16Cl4N2O3. The van der Waals surface area contributed by atoms with Gasteiger partial charge >= 0.3 is 0 Å². The minimum Gasteiger partial charge on any atom is -0.324 e. The molecule has 0 saturated carbocycles. The van der Waals surface area contributed by atoms with Gasteiger partial charge in [0.1, 0.15) is 16.3 Å². The van der Waals surface area contributed by atoms with E-state index in [0.29, 0.717) is 33.0 Å². The van der Waals surface area contributed by atoms with Gasteiger partial charge in [-0.05, 0) is 40.5 Å². The van der Waals surface area contributed by atoms with Crippen LogP contribution >= 0.6 is 46.4 Å². The Morgan fingerprint density at radius 3 is 1.66 bits per heavy atom. The zero-order valence-corrected chi connectivity index (χ0v) is 20.9. The standard InChI is InChI=1S/C26H16Cl4N2O3/c27-18-10-9-13(11-19(18)28)31-20(33)12-32-23(34)21-22(24(32)35)26(30)15-6-2-1-5-14(15)25(21,29)16-7-3-4-8-17(16)26/h1-11,21-22H,12H2,(H,31,33)/t21-,22+,25?,26?. The Balaban J connectivity index is 1.40. The maximum absolute atomic E-state index is 13.7. The number of likely N-dealkylation sites (tertiary alicyclic amines) is 1. The number of carbonyl (C=O) groups is 3. The molecule has 1 aliphatic heterocycles. The van der Waals surface area contributed by atoms with Gasteiger partial charge in [-0.2, -0.15) is 0 Å². The summed E-state index contributed by atoms with van der Waals surface area (Å²) in [7, 11) is 0. The van der Waals surface area contributed by atoms with E-state index in [1.54, 1.807) is 12.1 Å². The maximum atomic E-state index is 13.7. The molecule has 3 aromatic rings. The second kappa shape index (κ2) is 7.71. The minimum atomic E-state index is -1.28. The first-order valence-corrected chi connectivity index (χ1v) is 12.4. The lowest BCUT2D eigenvalue weighted by Gasteiger charge is -2.54. The lowest BCUT2D eigenvalue weighted by Crippen LogP contribution is -2.57. The Bertz CT molecular complexity index is 1330. The van der Waals surface area contributed by atoms with Crippen molar-refractivity contribution in [1.82, 2.24) is 4.90 Å². The summed E-state index contributed by atoms with van der Waals surface area (Å²) in [4.78, 5) is 38.7. The Kier molecular flexibility index (Phi) is 5.04. The molecule has 5 nitrogen and oxygen atoms in total. The topological polar surface area (TPSA) is 66.5 Å². The molecule has 2 bridgehead atoms. The zero-order chi connectivity index (χ0) is 24.7. The first-order valence-electron chi connectivity index (χ1n) is 10.9. The van der Waals surface area contributed by atoms with Crippen molar-refractivity contribution in [1.29, 1.82) is 0 Å². The zero-order valence-electron chi connectivity index (χ0n) is 17.9. The molecule has 1 heterocycles. The number of halogens is 4. The van der Waals surface area contributed by atoms with Gasteiger partial charge in [-0.3, -0.25) is 19.3 Å². The average Bonchev–Trinajstić information content (AvgIpc) is 3.10. The smallest absolute Gasteiger partial charge is 0.244 e. The van der Waals surface area contributed by atoms with E-state index in [1.807, 2.05) is 48.5 Å². The highest BCUT2D eigenvalue weighted by atomic mass is 35.5. The molecule has 1 N–H and O–H groups in total. The Labute approximate surface area is 220 Å². The highest BCUT2D eigenvalue weighted by Crippen LogP contribution is 2.69. The van der Waals surface area contributed by atoms with Gasteiger partial charge in [0.05, 0.1) is 21.9 Å². The molecule has 2 atom stereocenters. The molecule has 0 spiro atoms. The number of alkyl halides is 2. The minimum absolute atomic E-state index is 0.268. The number of amides is 3. The van der Waals surface area contributed by atoms with Crippen molar-refractivity contribution < 1.29 is 14.4 Å². The van der Waals surface area contributed by atoms with Gasteiger partial charge in [0.15, 0.2) is 0 Å². The van der Waals surface area contributed by atoms with Gasteiger partial charge in [0, 0.05) is 5.69 Å². The van der Waals surface area contributed by atoms with Gasteiger partial charge < -0.3 is 5.32 Å². The number of benzene rings is 3. The Morgan fingerprint density at radius 1 is 0.771 bits per heavy atom. The van der Waals surface area contributed by atoms with Crippen LogP contribution in [0.4, 0.5) is 5.69 Å². The predicted molar refractivity (Wildman–Crippen MR) is 135 cm³/mol. The van der Waals surface area contributed by atoms with Gasteiger partial charge in [0.2, 0.25) is 17.7 Å². The van der Waals surface area contributed by atoms with E-state index < -0.39 is 45.9 Å². The Hall–Kier alpha value is -2.57. The van der Waals surface area contributed by atoms with E-state index in [0.717, 1.165) is 4.90 Å². The van der Waals surface area contributed by atoms with Crippen LogP contribution in [0.5, 0.6) is 0 Å². The number of hydrogen-bond donors (Lipinski definition) is 1. The molecule has 7 rings (SSSR count). The molecular weight excluding hydrogens is 530 g/mol. The quantitative estimate of drug-likeness (QED) is 0.348. The summed E-state index contributed by atoms with van der Waals surface area (Å²) in [5.41, 5.74) is 3.22. The molecule has 9 heteroatoms. The van der Waals surface area contributed by atoms with Gasteiger partial charge in [-0.1, -0.05) is 71.7 Å². The van der Waals surface area contributed by atoms with E-state index in [2.05, 4.69) is 5.32 Å². The van der Waals surface area contributed by atoms with Crippen molar-refractivity contribution in [3.05, 3.63) is 99.0 Å². The number of hydrogen-bond acceptors (Lipinski definition) is 3. The van der Waals surface area contributed by atoms with Crippen LogP contribution in [0.1, 0.15) is 22.3 Å². The van der Waals surface area contributed by atoms with Crippen LogP contribution in [-0.2, 0) is 24.1 Å². The van der Waals surface area contributed by atoms with Crippen LogP contribution < -0.4 is 5.32 Å². The number of nitrogens with one attached hydrogen (secondary N) is 1. The van der Waals surface area contributed by atoms with Crippen LogP contribution in [0.25, 0.3) is 0 Å². The van der Waals surface area contributed by atoms with E-state index >= 15 is 0 Å². The fraction of sp³-hybridized carbons (Fsp3) is 0.192. The third kappa shape index (κ3) is 2.93. The molecule has 3 aromatic carbocycles. The van der Waals surface area contributed by atoms with Gasteiger partial charge in [0.25, 0.3) is 0 Å². The van der Waals surface area contributed by atoms with E-state index in [4.69, 9.17) is 46.4 Å². The highest BCUT2D eigenvalue weighted by molar-refractivity contribution is 6.42. The van der Waals surface area contributed by atoms with Gasteiger partial charge in [-0.25, -0.2) is 0 Å². The first-order chi connectivity index (χ1) is 16.7. The molecule has 3 aliphatic carbocycles. The second-order valence-electron chi connectivity index (χ2n) is 8.91. The molecule has 3 amide bonds.